The number of hydrogen-bond acceptors (Lipinski definition) is 15. The van der Waals surface area contributed by atoms with Crippen molar-refractivity contribution in [3.8, 4) is 0 Å². The van der Waals surface area contributed by atoms with Crippen molar-refractivity contribution >= 4 is 29.8 Å². The van der Waals surface area contributed by atoms with Crippen LogP contribution in [0.2, 0.25) is 0 Å². The maximum atomic E-state index is 14.3. The molecule has 3 aliphatic carbocycles. The van der Waals surface area contributed by atoms with Crippen LogP contribution in [-0.4, -0.2) is 111 Å². The van der Waals surface area contributed by atoms with Gasteiger partial charge in [-0.1, -0.05) is 69.3 Å². The molecule has 2 aromatic carbocycles. The van der Waals surface area contributed by atoms with Gasteiger partial charge in [0.15, 0.2) is 23.6 Å². The number of aliphatic hydroxyl groups excluding tert-OH is 3. The van der Waals surface area contributed by atoms with E-state index in [-0.39, 0.29) is 35.5 Å². The van der Waals surface area contributed by atoms with Gasteiger partial charge in [0.05, 0.1) is 36.5 Å². The second kappa shape index (κ2) is 16.1. The van der Waals surface area contributed by atoms with E-state index in [1.165, 1.54) is 44.4 Å². The normalized spacial score (nSPS) is 33.4. The minimum atomic E-state index is -2.36. The van der Waals surface area contributed by atoms with Crippen molar-refractivity contribution in [2.75, 3.05) is 6.61 Å². The number of aliphatic hydroxyl groups is 4. The van der Waals surface area contributed by atoms with Crippen molar-refractivity contribution in [3.05, 3.63) is 107 Å². The molecule has 4 aliphatic rings. The Morgan fingerprint density at radius 3 is 2.10 bits per heavy atom. The highest BCUT2D eigenvalue weighted by Crippen LogP contribution is 2.65. The van der Waals surface area contributed by atoms with Gasteiger partial charge in [-0.25, -0.2) is 9.59 Å². The fourth-order valence-electron chi connectivity index (χ4n) is 10.2. The van der Waals surface area contributed by atoms with E-state index >= 15 is 0 Å². The van der Waals surface area contributed by atoms with Crippen molar-refractivity contribution in [2.24, 2.45) is 16.7 Å². The van der Waals surface area contributed by atoms with Gasteiger partial charge < -0.3 is 53.8 Å². The van der Waals surface area contributed by atoms with Gasteiger partial charge in [-0.15, -0.1) is 0 Å². The Bertz CT molecular complexity index is 2190. The smallest absolute Gasteiger partial charge is 0.338 e. The molecule has 326 valence electrons. The standard InChI is InChI=1S/C45H51NO15/c1-23-29(59-41(54)34(50)33(26-14-9-7-10-15-26)46-39(52)28-18-13-19-56-28)21-45(55)38(60-40(53)27-16-11-8-12-17-27)36-43(6,30(49)20-31-44(36,22-57-31)61-25(3)48)37(51)35(58-24(2)47)32(23)42(45,4)5/h7-19,29-31,33-38,49-51,55H,20-22H2,1-6H3,(H,46,52)/t29-,30-,31+,33-,34+,35+,36-,37-,38-,43+,44-,45+/m0/s1. The number of fused-ring (bicyclic) bond motifs is 5. The van der Waals surface area contributed by atoms with Crippen molar-refractivity contribution in [2.45, 2.75) is 114 Å². The van der Waals surface area contributed by atoms with Gasteiger partial charge >= 0.3 is 23.9 Å². The molecule has 0 spiro atoms. The number of hydrogen-bond donors (Lipinski definition) is 5. The first-order valence-corrected chi connectivity index (χ1v) is 20.1. The topological polar surface area (TPSA) is 238 Å². The lowest BCUT2D eigenvalue weighted by atomic mass is 9.44. The quantitative estimate of drug-likeness (QED) is 0.112. The highest BCUT2D eigenvalue weighted by atomic mass is 16.6. The van der Waals surface area contributed by atoms with Crippen molar-refractivity contribution < 1.29 is 72.5 Å². The Morgan fingerprint density at radius 1 is 0.869 bits per heavy atom. The summed E-state index contributed by atoms with van der Waals surface area (Å²) in [7, 11) is 0. The van der Waals surface area contributed by atoms with Crippen molar-refractivity contribution in [1.29, 1.82) is 0 Å². The average molecular weight is 846 g/mol. The van der Waals surface area contributed by atoms with E-state index in [4.69, 9.17) is 28.1 Å². The van der Waals surface area contributed by atoms with Crippen LogP contribution in [0.25, 0.3) is 0 Å². The number of esters is 4. The predicted octanol–water partition coefficient (Wildman–Crippen LogP) is 3.12. The number of benzene rings is 2. The minimum absolute atomic E-state index is 0.0858. The van der Waals surface area contributed by atoms with E-state index in [0.717, 1.165) is 6.92 Å². The molecule has 7 rings (SSSR count). The predicted molar refractivity (Wildman–Crippen MR) is 211 cm³/mol. The summed E-state index contributed by atoms with van der Waals surface area (Å²) in [4.78, 5) is 67.7. The molecule has 3 fully saturated rings. The lowest BCUT2D eigenvalue weighted by Crippen LogP contribution is -2.82. The summed E-state index contributed by atoms with van der Waals surface area (Å²) in [6.45, 7) is 8.25. The summed E-state index contributed by atoms with van der Waals surface area (Å²) in [5.41, 5.74) is -6.82. The Morgan fingerprint density at radius 2 is 1.52 bits per heavy atom. The fraction of sp³-hybridized carbons (Fsp3) is 0.489. The van der Waals surface area contributed by atoms with Gasteiger partial charge in [0, 0.05) is 37.5 Å². The molecule has 1 amide bonds. The number of furan rings is 1. The molecular weight excluding hydrogens is 794 g/mol. The molecule has 12 atom stereocenters. The Hall–Kier alpha value is -5.39. The molecule has 2 bridgehead atoms. The lowest BCUT2D eigenvalue weighted by Gasteiger charge is -2.69. The van der Waals surface area contributed by atoms with Gasteiger partial charge in [0.25, 0.3) is 5.91 Å². The molecule has 1 aliphatic heterocycles. The van der Waals surface area contributed by atoms with Gasteiger partial charge in [-0.2, -0.15) is 0 Å². The molecule has 16 nitrogen and oxygen atoms in total. The van der Waals surface area contributed by atoms with E-state index in [0.29, 0.717) is 5.56 Å². The maximum absolute atomic E-state index is 14.3. The first-order valence-electron chi connectivity index (χ1n) is 20.1. The van der Waals surface area contributed by atoms with Crippen LogP contribution in [-0.2, 0) is 38.1 Å². The SMILES string of the molecule is CC(=O)O[C@@H]1C2=C(C)[C@@H](OC(=O)[C@H](O)[C@@H](NC(=O)c3ccco3)c3ccccc3)C[C@@](O)([C@@H](OC(=O)c3ccccc3)[C@@H]3[C@]4(OC(C)=O)CO[C@@H]4C[C@H](O)[C@@]3(C)[C@H]1O)C2(C)C. The number of carbonyl (C=O) groups is 5. The summed E-state index contributed by atoms with van der Waals surface area (Å²) in [5.74, 6) is -6.03. The minimum Gasteiger partial charge on any atom is -0.459 e. The summed E-state index contributed by atoms with van der Waals surface area (Å²) in [5, 5.41) is 52.9. The number of nitrogens with one attached hydrogen (secondary N) is 1. The van der Waals surface area contributed by atoms with Crippen LogP contribution in [0.4, 0.5) is 0 Å². The van der Waals surface area contributed by atoms with E-state index < -0.39 is 113 Å². The van der Waals surface area contributed by atoms with Crippen molar-refractivity contribution in [1.82, 2.24) is 5.32 Å². The van der Waals surface area contributed by atoms with Crippen LogP contribution in [0, 0.1) is 16.7 Å². The highest BCUT2D eigenvalue weighted by molar-refractivity contribution is 5.92. The first kappa shape index (κ1) is 43.7. The maximum Gasteiger partial charge on any atom is 0.338 e. The van der Waals surface area contributed by atoms with Crippen LogP contribution in [0.3, 0.4) is 0 Å². The molecule has 2 saturated carbocycles. The van der Waals surface area contributed by atoms with Crippen LogP contribution in [0.1, 0.15) is 86.9 Å². The molecule has 5 N–H and O–H groups in total. The molecule has 3 aromatic rings. The van der Waals surface area contributed by atoms with E-state index in [1.54, 1.807) is 69.3 Å². The monoisotopic (exact) mass is 845 g/mol. The van der Waals surface area contributed by atoms with Crippen molar-refractivity contribution in [3.63, 3.8) is 0 Å². The Labute approximate surface area is 351 Å². The third-order valence-electron chi connectivity index (χ3n) is 13.4. The van der Waals surface area contributed by atoms with Gasteiger partial charge in [-0.3, -0.25) is 14.4 Å². The summed E-state index contributed by atoms with van der Waals surface area (Å²) in [6, 6.07) is 17.6. The summed E-state index contributed by atoms with van der Waals surface area (Å²) in [6.07, 6.45) is -10.6. The van der Waals surface area contributed by atoms with E-state index in [9.17, 15) is 44.4 Å². The van der Waals surface area contributed by atoms with Crippen LogP contribution < -0.4 is 5.32 Å². The first-order chi connectivity index (χ1) is 28.8. The van der Waals surface area contributed by atoms with Gasteiger partial charge in [-0.05, 0) is 47.9 Å². The van der Waals surface area contributed by atoms with Crippen LogP contribution in [0.15, 0.2) is 94.6 Å². The largest absolute Gasteiger partial charge is 0.459 e. The number of amides is 1. The molecule has 1 saturated heterocycles. The molecular formula is C45H51NO15. The Kier molecular flexibility index (Phi) is 11.6. The fourth-order valence-corrected chi connectivity index (χ4v) is 10.2. The molecule has 1 aromatic heterocycles. The third-order valence-corrected chi connectivity index (χ3v) is 13.4. The second-order valence-electron chi connectivity index (χ2n) is 17.2. The van der Waals surface area contributed by atoms with Gasteiger partial charge in [0.2, 0.25) is 0 Å². The number of ether oxygens (including phenoxy) is 5. The molecule has 0 radical (unpaired) electrons. The summed E-state index contributed by atoms with van der Waals surface area (Å²) >= 11 is 0. The number of rotatable bonds is 10. The molecule has 16 heteroatoms. The molecule has 61 heavy (non-hydrogen) atoms. The lowest BCUT2D eigenvalue weighted by molar-refractivity contribution is -0.365. The summed E-state index contributed by atoms with van der Waals surface area (Å²) < 4.78 is 35.6. The second-order valence-corrected chi connectivity index (χ2v) is 17.2. The van der Waals surface area contributed by atoms with E-state index in [1.807, 2.05) is 0 Å². The molecule has 0 unspecified atom stereocenters. The zero-order valence-electron chi connectivity index (χ0n) is 34.6. The van der Waals surface area contributed by atoms with Gasteiger partial charge in [0.1, 0.15) is 30.0 Å². The zero-order chi connectivity index (χ0) is 44.2. The van der Waals surface area contributed by atoms with E-state index in [2.05, 4.69) is 5.32 Å². The van der Waals surface area contributed by atoms with Crippen LogP contribution in [0.5, 0.6) is 0 Å². The zero-order valence-corrected chi connectivity index (χ0v) is 34.6. The average Bonchev–Trinajstić information content (AvgIpc) is 3.77. The number of carbonyl (C=O) groups excluding carboxylic acids is 5. The third kappa shape index (κ3) is 7.23. The molecule has 2 heterocycles. The van der Waals surface area contributed by atoms with Crippen LogP contribution >= 0.6 is 0 Å². The highest BCUT2D eigenvalue weighted by Gasteiger charge is 2.78. The Balaban J connectivity index is 1.39.